The summed E-state index contributed by atoms with van der Waals surface area (Å²) in [6.07, 6.45) is 1.27. The Labute approximate surface area is 258 Å². The second kappa shape index (κ2) is 15.2. The largest absolute Gasteiger partial charge is 0.448 e. The van der Waals surface area contributed by atoms with Gasteiger partial charge in [0, 0.05) is 37.7 Å². The molecule has 1 aliphatic heterocycles. The number of benzene rings is 2. The van der Waals surface area contributed by atoms with E-state index in [9.17, 15) is 19.2 Å². The third kappa shape index (κ3) is 9.69. The molecule has 0 bridgehead atoms. The van der Waals surface area contributed by atoms with Crippen LogP contribution in [0.15, 0.2) is 48.5 Å². The number of nitrogens with one attached hydrogen (secondary N) is 1. The van der Waals surface area contributed by atoms with Gasteiger partial charge in [0.1, 0.15) is 6.61 Å². The van der Waals surface area contributed by atoms with Crippen LogP contribution in [-0.2, 0) is 32.0 Å². The fourth-order valence-corrected chi connectivity index (χ4v) is 5.06. The van der Waals surface area contributed by atoms with Gasteiger partial charge in [0.2, 0.25) is 11.8 Å². The molecule has 2 aromatic carbocycles. The van der Waals surface area contributed by atoms with Gasteiger partial charge in [-0.25, -0.2) is 9.59 Å². The normalized spacial score (nSPS) is 14.6. The molecule has 2 aromatic rings. The topological polar surface area (TPSA) is 131 Å². The number of hydrogen-bond acceptors (Lipinski definition) is 6. The van der Waals surface area contributed by atoms with Crippen molar-refractivity contribution in [3.63, 3.8) is 0 Å². The Morgan fingerprint density at radius 1 is 1.05 bits per heavy atom. The first-order chi connectivity index (χ1) is 20.3. The molecule has 3 rings (SSSR count). The van der Waals surface area contributed by atoms with Crippen molar-refractivity contribution in [2.45, 2.75) is 71.9 Å². The number of imide groups is 1. The molecule has 1 aliphatic rings. The van der Waals surface area contributed by atoms with Crippen LogP contribution in [0.3, 0.4) is 0 Å². The number of ether oxygens (including phenoxy) is 2. The van der Waals surface area contributed by atoms with Crippen molar-refractivity contribution >= 4 is 41.2 Å². The highest BCUT2D eigenvalue weighted by molar-refractivity contribution is 6.31. The summed E-state index contributed by atoms with van der Waals surface area (Å²) >= 11 is 6.28. The van der Waals surface area contributed by atoms with Crippen LogP contribution in [0.5, 0.6) is 0 Å². The van der Waals surface area contributed by atoms with E-state index in [0.29, 0.717) is 37.6 Å². The van der Waals surface area contributed by atoms with Gasteiger partial charge in [0.05, 0.1) is 16.7 Å². The van der Waals surface area contributed by atoms with Crippen molar-refractivity contribution in [3.05, 3.63) is 64.7 Å². The van der Waals surface area contributed by atoms with E-state index in [2.05, 4.69) is 5.32 Å². The number of urea groups is 1. The number of rotatable bonds is 11. The van der Waals surface area contributed by atoms with Crippen LogP contribution in [0, 0.1) is 5.41 Å². The smallest absolute Gasteiger partial charge is 0.422 e. The zero-order valence-electron chi connectivity index (χ0n) is 25.5. The fraction of sp³-hybridized carbons (Fsp3) is 0.500. The van der Waals surface area contributed by atoms with Gasteiger partial charge >= 0.3 is 12.1 Å². The van der Waals surface area contributed by atoms with E-state index in [0.717, 1.165) is 22.4 Å². The zero-order chi connectivity index (χ0) is 31.6. The zero-order valence-corrected chi connectivity index (χ0v) is 26.2. The van der Waals surface area contributed by atoms with E-state index < -0.39 is 17.5 Å². The van der Waals surface area contributed by atoms with Gasteiger partial charge in [-0.05, 0) is 75.8 Å². The molecule has 0 aliphatic carbocycles. The summed E-state index contributed by atoms with van der Waals surface area (Å²) in [5.41, 5.74) is 6.17. The minimum absolute atomic E-state index is 0.0185. The first kappa shape index (κ1) is 33.9. The van der Waals surface area contributed by atoms with E-state index in [1.54, 1.807) is 41.3 Å². The van der Waals surface area contributed by atoms with Gasteiger partial charge in [-0.15, -0.1) is 0 Å². The summed E-state index contributed by atoms with van der Waals surface area (Å²) in [5.74, 6) is -0.348. The predicted octanol–water partition coefficient (Wildman–Crippen LogP) is 5.44. The average Bonchev–Trinajstić information content (AvgIpc) is 2.97. The van der Waals surface area contributed by atoms with E-state index in [1.165, 1.54) is 0 Å². The van der Waals surface area contributed by atoms with Crippen molar-refractivity contribution < 1.29 is 28.7 Å². The molecule has 43 heavy (non-hydrogen) atoms. The van der Waals surface area contributed by atoms with Crippen molar-refractivity contribution in [2.75, 3.05) is 31.2 Å². The average molecular weight is 615 g/mol. The fourth-order valence-electron chi connectivity index (χ4n) is 4.85. The third-order valence-corrected chi connectivity index (χ3v) is 7.87. The van der Waals surface area contributed by atoms with Crippen molar-refractivity contribution in [1.29, 1.82) is 0 Å². The number of nitrogens with zero attached hydrogens (tertiary/aromatic N) is 2. The Morgan fingerprint density at radius 3 is 2.28 bits per heavy atom. The summed E-state index contributed by atoms with van der Waals surface area (Å²) < 4.78 is 11.3. The highest BCUT2D eigenvalue weighted by Gasteiger charge is 2.44. The van der Waals surface area contributed by atoms with Gasteiger partial charge in [-0.1, -0.05) is 48.9 Å². The van der Waals surface area contributed by atoms with Gasteiger partial charge in [0.25, 0.3) is 0 Å². The van der Waals surface area contributed by atoms with E-state index >= 15 is 0 Å². The molecule has 0 spiro atoms. The van der Waals surface area contributed by atoms with Crippen LogP contribution in [0.1, 0.15) is 64.5 Å². The number of halogens is 1. The lowest BCUT2D eigenvalue weighted by molar-refractivity contribution is -0.143. The van der Waals surface area contributed by atoms with E-state index in [1.807, 2.05) is 39.8 Å². The van der Waals surface area contributed by atoms with Crippen LogP contribution < -0.4 is 16.0 Å². The Kier molecular flexibility index (Phi) is 12.0. The monoisotopic (exact) mass is 614 g/mol. The molecule has 3 N–H and O–H groups in total. The minimum Gasteiger partial charge on any atom is -0.448 e. The lowest BCUT2D eigenvalue weighted by Crippen LogP contribution is -2.53. The first-order valence-electron chi connectivity index (χ1n) is 14.6. The SMILES string of the molecule is CCc1ccc(N(C(N)=O)C(=O)OCC2(C(=O)NCc3ccccc3Cl)CCN(C(=O)CCCOC(C)(C)C)CC2)cc1. The van der Waals surface area contributed by atoms with Crippen LogP contribution in [0.25, 0.3) is 0 Å². The Morgan fingerprint density at radius 2 is 1.70 bits per heavy atom. The number of primary amides is 1. The molecule has 0 unspecified atom stereocenters. The molecule has 1 saturated heterocycles. The first-order valence-corrected chi connectivity index (χ1v) is 15.0. The highest BCUT2D eigenvalue weighted by Crippen LogP contribution is 2.34. The lowest BCUT2D eigenvalue weighted by atomic mass is 9.78. The summed E-state index contributed by atoms with van der Waals surface area (Å²) in [6, 6.07) is 13.0. The second-order valence-corrected chi connectivity index (χ2v) is 12.2. The van der Waals surface area contributed by atoms with Gasteiger partial charge < -0.3 is 25.4 Å². The van der Waals surface area contributed by atoms with Gasteiger partial charge in [-0.2, -0.15) is 4.90 Å². The molecule has 0 atom stereocenters. The summed E-state index contributed by atoms with van der Waals surface area (Å²) in [7, 11) is 0. The van der Waals surface area contributed by atoms with Gasteiger partial charge in [0.15, 0.2) is 0 Å². The number of amides is 5. The molecular formula is C32H43ClN4O6. The number of likely N-dealkylation sites (tertiary alicyclic amines) is 1. The lowest BCUT2D eigenvalue weighted by Gasteiger charge is -2.40. The van der Waals surface area contributed by atoms with E-state index in [4.69, 9.17) is 26.8 Å². The molecule has 10 nitrogen and oxygen atoms in total. The number of piperidine rings is 1. The van der Waals surface area contributed by atoms with Crippen LogP contribution in [0.2, 0.25) is 5.02 Å². The number of carbonyl (C=O) groups excluding carboxylic acids is 4. The van der Waals surface area contributed by atoms with Crippen molar-refractivity contribution in [3.8, 4) is 0 Å². The van der Waals surface area contributed by atoms with Crippen molar-refractivity contribution in [2.24, 2.45) is 11.1 Å². The number of aryl methyl sites for hydroxylation is 1. The minimum atomic E-state index is -1.13. The number of anilines is 1. The maximum absolute atomic E-state index is 13.7. The molecule has 0 aromatic heterocycles. The van der Waals surface area contributed by atoms with E-state index in [-0.39, 0.29) is 49.1 Å². The quantitative estimate of drug-likeness (QED) is 0.324. The maximum atomic E-state index is 13.7. The number of nitrogens with two attached hydrogens (primary N) is 1. The van der Waals surface area contributed by atoms with Crippen LogP contribution >= 0.6 is 11.6 Å². The molecule has 5 amide bonds. The molecule has 0 radical (unpaired) electrons. The Bertz CT molecular complexity index is 1270. The third-order valence-electron chi connectivity index (χ3n) is 7.50. The summed E-state index contributed by atoms with van der Waals surface area (Å²) in [6.45, 7) is 8.88. The molecule has 1 fully saturated rings. The summed E-state index contributed by atoms with van der Waals surface area (Å²) in [4.78, 5) is 54.4. The predicted molar refractivity (Wildman–Crippen MR) is 166 cm³/mol. The standard InChI is InChI=1S/C32H43ClN4O6/c1-5-23-12-14-25(15-13-23)37(29(34)40)30(41)42-22-32(28(39)35-21-24-9-6-7-10-26(24)33)16-18-36(19-17-32)27(38)11-8-20-43-31(2,3)4/h6-7,9-10,12-15H,5,8,11,16-22H2,1-4H3,(H2,34,40)(H,35,39). The molecule has 1 heterocycles. The van der Waals surface area contributed by atoms with Crippen molar-refractivity contribution in [1.82, 2.24) is 10.2 Å². The molecule has 234 valence electrons. The Hall–Kier alpha value is -3.63. The van der Waals surface area contributed by atoms with Crippen LogP contribution in [0.4, 0.5) is 15.3 Å². The molecule has 11 heteroatoms. The van der Waals surface area contributed by atoms with Crippen LogP contribution in [-0.4, -0.2) is 60.7 Å². The molecule has 0 saturated carbocycles. The second-order valence-electron chi connectivity index (χ2n) is 11.7. The highest BCUT2D eigenvalue weighted by atomic mass is 35.5. The number of carbonyl (C=O) groups is 4. The number of hydrogen-bond donors (Lipinski definition) is 2. The maximum Gasteiger partial charge on any atom is 0.422 e. The summed E-state index contributed by atoms with van der Waals surface area (Å²) in [5, 5.41) is 3.45. The molecular weight excluding hydrogens is 572 g/mol. The van der Waals surface area contributed by atoms with Gasteiger partial charge in [-0.3, -0.25) is 9.59 Å². The Balaban J connectivity index is 1.71.